The SMILES string of the molecule is O=[N+]([O-])c1ccc(Nc2ccc(Nc3ccccc3)cc2)c([N+](=O)[O-])c1. The molecule has 130 valence electrons. The Morgan fingerprint density at radius 2 is 1.23 bits per heavy atom. The first-order chi connectivity index (χ1) is 12.5. The molecule has 0 aliphatic carbocycles. The molecule has 2 N–H and O–H groups in total. The van der Waals surface area contributed by atoms with E-state index >= 15 is 0 Å². The molecule has 0 aliphatic rings. The predicted octanol–water partition coefficient (Wildman–Crippen LogP) is 4.99. The number of rotatable bonds is 6. The van der Waals surface area contributed by atoms with Crippen LogP contribution in [0.3, 0.4) is 0 Å². The highest BCUT2D eigenvalue weighted by Crippen LogP contribution is 2.31. The number of para-hydroxylation sites is 1. The summed E-state index contributed by atoms with van der Waals surface area (Å²) < 4.78 is 0. The summed E-state index contributed by atoms with van der Waals surface area (Å²) in [6.07, 6.45) is 0. The quantitative estimate of drug-likeness (QED) is 0.478. The van der Waals surface area contributed by atoms with Gasteiger partial charge in [0.25, 0.3) is 11.4 Å². The fourth-order valence-electron chi connectivity index (χ4n) is 2.37. The third kappa shape index (κ3) is 3.93. The summed E-state index contributed by atoms with van der Waals surface area (Å²) in [5, 5.41) is 28.1. The van der Waals surface area contributed by atoms with E-state index in [4.69, 9.17) is 0 Å². The molecule has 26 heavy (non-hydrogen) atoms. The molecule has 3 rings (SSSR count). The van der Waals surface area contributed by atoms with Crippen molar-refractivity contribution < 1.29 is 9.85 Å². The lowest BCUT2D eigenvalue weighted by atomic mass is 10.2. The summed E-state index contributed by atoms with van der Waals surface area (Å²) >= 11 is 0. The molecule has 0 heterocycles. The summed E-state index contributed by atoms with van der Waals surface area (Å²) in [5.41, 5.74) is 1.93. The van der Waals surface area contributed by atoms with Crippen LogP contribution in [0, 0.1) is 20.2 Å². The highest BCUT2D eigenvalue weighted by molar-refractivity contribution is 5.73. The molecule has 0 saturated heterocycles. The van der Waals surface area contributed by atoms with E-state index in [0.29, 0.717) is 5.69 Å². The van der Waals surface area contributed by atoms with Crippen LogP contribution in [-0.2, 0) is 0 Å². The number of nitrogens with zero attached hydrogens (tertiary/aromatic N) is 2. The van der Waals surface area contributed by atoms with Crippen molar-refractivity contribution >= 4 is 34.1 Å². The molecule has 0 bridgehead atoms. The van der Waals surface area contributed by atoms with Crippen LogP contribution >= 0.6 is 0 Å². The molecule has 3 aromatic carbocycles. The fourth-order valence-corrected chi connectivity index (χ4v) is 2.37. The maximum Gasteiger partial charge on any atom is 0.299 e. The van der Waals surface area contributed by atoms with E-state index in [-0.39, 0.29) is 17.1 Å². The van der Waals surface area contributed by atoms with Gasteiger partial charge < -0.3 is 10.6 Å². The average Bonchev–Trinajstić information content (AvgIpc) is 2.64. The fraction of sp³-hybridized carbons (Fsp3) is 0. The van der Waals surface area contributed by atoms with Gasteiger partial charge in [-0.2, -0.15) is 0 Å². The second-order valence-electron chi connectivity index (χ2n) is 5.41. The van der Waals surface area contributed by atoms with Crippen LogP contribution in [0.2, 0.25) is 0 Å². The van der Waals surface area contributed by atoms with Crippen molar-refractivity contribution in [2.24, 2.45) is 0 Å². The van der Waals surface area contributed by atoms with Crippen LogP contribution in [0.15, 0.2) is 72.8 Å². The highest BCUT2D eigenvalue weighted by atomic mass is 16.6. The zero-order valence-electron chi connectivity index (χ0n) is 13.5. The molecule has 8 heteroatoms. The lowest BCUT2D eigenvalue weighted by Crippen LogP contribution is -1.99. The number of hydrogen-bond donors (Lipinski definition) is 2. The van der Waals surface area contributed by atoms with Crippen LogP contribution in [-0.4, -0.2) is 9.85 Å². The van der Waals surface area contributed by atoms with Crippen LogP contribution in [0.4, 0.5) is 34.1 Å². The van der Waals surface area contributed by atoms with Crippen LogP contribution in [0.1, 0.15) is 0 Å². The van der Waals surface area contributed by atoms with E-state index in [1.54, 1.807) is 12.1 Å². The van der Waals surface area contributed by atoms with E-state index in [0.717, 1.165) is 17.4 Å². The predicted molar refractivity (Wildman–Crippen MR) is 99.2 cm³/mol. The number of hydrogen-bond acceptors (Lipinski definition) is 6. The first kappa shape index (κ1) is 16.9. The van der Waals surface area contributed by atoms with Crippen molar-refractivity contribution in [3.8, 4) is 0 Å². The van der Waals surface area contributed by atoms with Gasteiger partial charge in [0.1, 0.15) is 5.69 Å². The van der Waals surface area contributed by atoms with Gasteiger partial charge in [-0.1, -0.05) is 18.2 Å². The molecular weight excluding hydrogens is 336 g/mol. The third-order valence-electron chi connectivity index (χ3n) is 3.62. The number of benzene rings is 3. The zero-order chi connectivity index (χ0) is 18.5. The van der Waals surface area contributed by atoms with Gasteiger partial charge in [-0.25, -0.2) is 0 Å². The number of nitrogens with one attached hydrogen (secondary N) is 2. The zero-order valence-corrected chi connectivity index (χ0v) is 13.5. The molecule has 0 atom stereocenters. The van der Waals surface area contributed by atoms with Crippen molar-refractivity contribution in [2.45, 2.75) is 0 Å². The second kappa shape index (κ2) is 7.31. The standard InChI is InChI=1S/C18H14N4O4/c23-21(24)16-10-11-17(18(12-16)22(25)26)20-15-8-6-14(7-9-15)19-13-4-2-1-3-5-13/h1-12,19-20H. The maximum absolute atomic E-state index is 11.2. The maximum atomic E-state index is 11.2. The van der Waals surface area contributed by atoms with Crippen LogP contribution in [0.5, 0.6) is 0 Å². The minimum absolute atomic E-state index is 0.185. The molecule has 0 radical (unpaired) electrons. The molecule has 0 amide bonds. The lowest BCUT2D eigenvalue weighted by molar-refractivity contribution is -0.393. The molecule has 0 aliphatic heterocycles. The number of nitro groups is 2. The summed E-state index contributed by atoms with van der Waals surface area (Å²) in [6.45, 7) is 0. The Bertz CT molecular complexity index is 943. The van der Waals surface area contributed by atoms with Gasteiger partial charge in [0.2, 0.25) is 0 Å². The molecule has 0 aromatic heterocycles. The summed E-state index contributed by atoms with van der Waals surface area (Å²) in [6, 6.07) is 20.3. The first-order valence-corrected chi connectivity index (χ1v) is 7.65. The van der Waals surface area contributed by atoms with Gasteiger partial charge in [0.05, 0.1) is 15.9 Å². The minimum atomic E-state index is -0.666. The molecule has 3 aromatic rings. The van der Waals surface area contributed by atoms with Crippen LogP contribution in [0.25, 0.3) is 0 Å². The molecule has 8 nitrogen and oxygen atoms in total. The van der Waals surface area contributed by atoms with E-state index in [1.807, 2.05) is 42.5 Å². The van der Waals surface area contributed by atoms with Crippen molar-refractivity contribution in [1.29, 1.82) is 0 Å². The number of anilines is 4. The summed E-state index contributed by atoms with van der Waals surface area (Å²) in [4.78, 5) is 20.6. The van der Waals surface area contributed by atoms with E-state index in [1.165, 1.54) is 12.1 Å². The highest BCUT2D eigenvalue weighted by Gasteiger charge is 2.19. The molecule has 0 saturated carbocycles. The van der Waals surface area contributed by atoms with Gasteiger partial charge in [-0.05, 0) is 42.5 Å². The normalized spacial score (nSPS) is 10.2. The third-order valence-corrected chi connectivity index (χ3v) is 3.62. The Hall–Kier alpha value is -3.94. The van der Waals surface area contributed by atoms with Crippen LogP contribution < -0.4 is 10.6 Å². The van der Waals surface area contributed by atoms with Gasteiger partial charge in [0.15, 0.2) is 0 Å². The Kier molecular flexibility index (Phi) is 4.75. The Balaban J connectivity index is 1.79. The summed E-state index contributed by atoms with van der Waals surface area (Å²) in [7, 11) is 0. The smallest absolute Gasteiger partial charge is 0.299 e. The molecule has 0 unspecified atom stereocenters. The number of nitro benzene ring substituents is 2. The monoisotopic (exact) mass is 350 g/mol. The van der Waals surface area contributed by atoms with Crippen molar-refractivity contribution in [3.63, 3.8) is 0 Å². The topological polar surface area (TPSA) is 110 Å². The molecule has 0 fully saturated rings. The lowest BCUT2D eigenvalue weighted by Gasteiger charge is -2.09. The van der Waals surface area contributed by atoms with Crippen molar-refractivity contribution in [3.05, 3.63) is 93.0 Å². The number of non-ortho nitro benzene ring substituents is 1. The van der Waals surface area contributed by atoms with Gasteiger partial charge in [0, 0.05) is 23.1 Å². The summed E-state index contributed by atoms with van der Waals surface area (Å²) in [5.74, 6) is 0. The largest absolute Gasteiger partial charge is 0.356 e. The second-order valence-corrected chi connectivity index (χ2v) is 5.41. The van der Waals surface area contributed by atoms with Gasteiger partial charge >= 0.3 is 0 Å². The average molecular weight is 350 g/mol. The Labute approximate surface area is 148 Å². The van der Waals surface area contributed by atoms with Crippen molar-refractivity contribution in [1.82, 2.24) is 0 Å². The molecular formula is C18H14N4O4. The van der Waals surface area contributed by atoms with E-state index in [9.17, 15) is 20.2 Å². The van der Waals surface area contributed by atoms with E-state index < -0.39 is 9.85 Å². The molecule has 0 spiro atoms. The Morgan fingerprint density at radius 3 is 1.81 bits per heavy atom. The van der Waals surface area contributed by atoms with Gasteiger partial charge in [-0.15, -0.1) is 0 Å². The Morgan fingerprint density at radius 1 is 0.654 bits per heavy atom. The van der Waals surface area contributed by atoms with Gasteiger partial charge in [-0.3, -0.25) is 20.2 Å². The van der Waals surface area contributed by atoms with E-state index in [2.05, 4.69) is 10.6 Å². The first-order valence-electron chi connectivity index (χ1n) is 7.65. The van der Waals surface area contributed by atoms with Crippen molar-refractivity contribution in [2.75, 3.05) is 10.6 Å². The minimum Gasteiger partial charge on any atom is -0.356 e.